The van der Waals surface area contributed by atoms with Gasteiger partial charge in [0.15, 0.2) is 0 Å². The quantitative estimate of drug-likeness (QED) is 0.812. The van der Waals surface area contributed by atoms with Gasteiger partial charge in [0.25, 0.3) is 0 Å². The van der Waals surface area contributed by atoms with E-state index in [0.717, 1.165) is 5.56 Å². The van der Waals surface area contributed by atoms with E-state index in [2.05, 4.69) is 11.9 Å². The molecule has 1 aromatic carbocycles. The zero-order chi connectivity index (χ0) is 14.2. The number of carbonyl (C=O) groups is 1. The van der Waals surface area contributed by atoms with Gasteiger partial charge in [0, 0.05) is 0 Å². The highest BCUT2D eigenvalue weighted by atomic mass is 16.5. The number of hydrogen-bond donors (Lipinski definition) is 1. The summed E-state index contributed by atoms with van der Waals surface area (Å²) in [7, 11) is 0. The molecule has 0 radical (unpaired) electrons. The summed E-state index contributed by atoms with van der Waals surface area (Å²) in [4.78, 5) is 11.8. The summed E-state index contributed by atoms with van der Waals surface area (Å²) in [6.07, 6.45) is 3.40. The highest BCUT2D eigenvalue weighted by Crippen LogP contribution is 2.17. The van der Waals surface area contributed by atoms with Gasteiger partial charge in [-0.25, -0.2) is 4.79 Å². The Balaban J connectivity index is 1.87. The lowest BCUT2D eigenvalue weighted by molar-refractivity contribution is 0.134. The topological polar surface area (TPSA) is 51.5 Å². The Morgan fingerprint density at radius 2 is 2.10 bits per heavy atom. The van der Waals surface area contributed by atoms with E-state index in [-0.39, 0.29) is 12.6 Å². The van der Waals surface area contributed by atoms with Crippen molar-refractivity contribution >= 4 is 6.09 Å². The molecule has 104 valence electrons. The Kier molecular flexibility index (Phi) is 5.00. The molecule has 0 spiro atoms. The maximum absolute atomic E-state index is 11.8. The molecule has 0 aliphatic carbocycles. The Morgan fingerprint density at radius 3 is 2.75 bits per heavy atom. The van der Waals surface area contributed by atoms with Crippen LogP contribution in [0.15, 0.2) is 65.8 Å². The van der Waals surface area contributed by atoms with Crippen molar-refractivity contribution in [2.45, 2.75) is 19.1 Å². The number of hydrogen-bond acceptors (Lipinski definition) is 3. The first-order valence-corrected chi connectivity index (χ1v) is 6.41. The smallest absolute Gasteiger partial charge is 0.408 e. The van der Waals surface area contributed by atoms with Gasteiger partial charge in [-0.05, 0) is 24.1 Å². The van der Waals surface area contributed by atoms with E-state index in [1.807, 2.05) is 36.4 Å². The Labute approximate surface area is 118 Å². The van der Waals surface area contributed by atoms with Crippen LogP contribution in [0.2, 0.25) is 0 Å². The molecule has 2 aromatic rings. The fourth-order valence-electron chi connectivity index (χ4n) is 1.81. The highest BCUT2D eigenvalue weighted by molar-refractivity contribution is 5.67. The van der Waals surface area contributed by atoms with Crippen molar-refractivity contribution in [3.63, 3.8) is 0 Å². The van der Waals surface area contributed by atoms with Crippen LogP contribution in [0.4, 0.5) is 4.79 Å². The number of benzene rings is 1. The van der Waals surface area contributed by atoms with E-state index >= 15 is 0 Å². The van der Waals surface area contributed by atoms with E-state index in [1.54, 1.807) is 18.4 Å². The van der Waals surface area contributed by atoms with Crippen LogP contribution in [0.3, 0.4) is 0 Å². The number of ether oxygens (including phenoxy) is 1. The lowest BCUT2D eigenvalue weighted by atomic mass is 10.1. The second-order valence-corrected chi connectivity index (χ2v) is 4.30. The van der Waals surface area contributed by atoms with Gasteiger partial charge in [-0.15, -0.1) is 6.58 Å². The summed E-state index contributed by atoms with van der Waals surface area (Å²) in [5.41, 5.74) is 0.945. The summed E-state index contributed by atoms with van der Waals surface area (Å²) in [5, 5.41) is 2.76. The normalized spacial score (nSPS) is 11.6. The molecule has 1 aromatic heterocycles. The molecule has 0 aliphatic heterocycles. The van der Waals surface area contributed by atoms with Crippen molar-refractivity contribution in [3.05, 3.63) is 72.7 Å². The standard InChI is InChI=1S/C16H17NO3/c1-2-7-14(15-10-6-11-19-15)17-16(18)20-12-13-8-4-3-5-9-13/h2-6,8-11,14H,1,7,12H2,(H,17,18). The first-order chi connectivity index (χ1) is 9.79. The minimum absolute atomic E-state index is 0.242. The lowest BCUT2D eigenvalue weighted by Gasteiger charge is -2.14. The zero-order valence-corrected chi connectivity index (χ0v) is 11.1. The number of alkyl carbamates (subject to hydrolysis) is 1. The van der Waals surface area contributed by atoms with Crippen molar-refractivity contribution in [2.24, 2.45) is 0 Å². The van der Waals surface area contributed by atoms with Gasteiger partial charge in [-0.3, -0.25) is 0 Å². The molecule has 0 saturated heterocycles. The van der Waals surface area contributed by atoms with Gasteiger partial charge in [0.1, 0.15) is 12.4 Å². The van der Waals surface area contributed by atoms with Crippen LogP contribution in [-0.4, -0.2) is 6.09 Å². The summed E-state index contributed by atoms with van der Waals surface area (Å²) in [5.74, 6) is 0.682. The van der Waals surface area contributed by atoms with E-state index < -0.39 is 6.09 Å². The van der Waals surface area contributed by atoms with Crippen molar-refractivity contribution in [1.29, 1.82) is 0 Å². The van der Waals surface area contributed by atoms with E-state index in [9.17, 15) is 4.79 Å². The van der Waals surface area contributed by atoms with Crippen LogP contribution in [0.5, 0.6) is 0 Å². The monoisotopic (exact) mass is 271 g/mol. The fourth-order valence-corrected chi connectivity index (χ4v) is 1.81. The van der Waals surface area contributed by atoms with Gasteiger partial charge in [-0.2, -0.15) is 0 Å². The zero-order valence-electron chi connectivity index (χ0n) is 11.1. The average molecular weight is 271 g/mol. The van der Waals surface area contributed by atoms with E-state index in [4.69, 9.17) is 9.15 Å². The lowest BCUT2D eigenvalue weighted by Crippen LogP contribution is -2.28. The molecule has 1 N–H and O–H groups in total. The Bertz CT molecular complexity index is 534. The summed E-state index contributed by atoms with van der Waals surface area (Å²) in [6, 6.07) is 12.9. The molecule has 1 unspecified atom stereocenters. The van der Waals surface area contributed by atoms with Crippen LogP contribution in [-0.2, 0) is 11.3 Å². The van der Waals surface area contributed by atoms with Crippen LogP contribution < -0.4 is 5.32 Å². The molecule has 0 fully saturated rings. The predicted molar refractivity (Wildman–Crippen MR) is 76.0 cm³/mol. The molecule has 4 nitrogen and oxygen atoms in total. The highest BCUT2D eigenvalue weighted by Gasteiger charge is 2.16. The first-order valence-electron chi connectivity index (χ1n) is 6.41. The molecular formula is C16H17NO3. The molecule has 0 aliphatic rings. The molecular weight excluding hydrogens is 254 g/mol. The van der Waals surface area contributed by atoms with Crippen LogP contribution in [0.25, 0.3) is 0 Å². The molecule has 2 rings (SSSR count). The van der Waals surface area contributed by atoms with Crippen molar-refractivity contribution in [3.8, 4) is 0 Å². The first kappa shape index (κ1) is 13.9. The summed E-state index contributed by atoms with van der Waals surface area (Å²) < 4.78 is 10.5. The van der Waals surface area contributed by atoms with Gasteiger partial charge in [0.05, 0.1) is 12.3 Å². The molecule has 1 heterocycles. The molecule has 0 saturated carbocycles. The van der Waals surface area contributed by atoms with Crippen molar-refractivity contribution < 1.29 is 13.9 Å². The molecule has 4 heteroatoms. The Morgan fingerprint density at radius 1 is 1.30 bits per heavy atom. The molecule has 1 atom stereocenters. The SMILES string of the molecule is C=CCC(NC(=O)OCc1ccccc1)c1ccco1. The average Bonchev–Trinajstić information content (AvgIpc) is 3.00. The van der Waals surface area contributed by atoms with E-state index in [0.29, 0.717) is 12.2 Å². The second kappa shape index (κ2) is 7.19. The maximum atomic E-state index is 11.8. The minimum atomic E-state index is -0.475. The second-order valence-electron chi connectivity index (χ2n) is 4.30. The van der Waals surface area contributed by atoms with Crippen LogP contribution >= 0.6 is 0 Å². The van der Waals surface area contributed by atoms with Gasteiger partial charge in [0.2, 0.25) is 0 Å². The van der Waals surface area contributed by atoms with Gasteiger partial charge in [-0.1, -0.05) is 36.4 Å². The number of rotatable bonds is 6. The third-order valence-electron chi connectivity index (χ3n) is 2.79. The molecule has 0 bridgehead atoms. The number of nitrogens with one attached hydrogen (secondary N) is 1. The maximum Gasteiger partial charge on any atom is 0.408 e. The molecule has 1 amide bonds. The van der Waals surface area contributed by atoms with Crippen molar-refractivity contribution in [1.82, 2.24) is 5.32 Å². The largest absolute Gasteiger partial charge is 0.467 e. The minimum Gasteiger partial charge on any atom is -0.467 e. The third kappa shape index (κ3) is 4.02. The fraction of sp³-hybridized carbons (Fsp3) is 0.188. The van der Waals surface area contributed by atoms with Gasteiger partial charge >= 0.3 is 6.09 Å². The Hall–Kier alpha value is -2.49. The van der Waals surface area contributed by atoms with Crippen molar-refractivity contribution in [2.75, 3.05) is 0 Å². The summed E-state index contributed by atoms with van der Waals surface area (Å²) in [6.45, 7) is 3.92. The van der Waals surface area contributed by atoms with Crippen LogP contribution in [0, 0.1) is 0 Å². The molecule has 20 heavy (non-hydrogen) atoms. The number of carbonyl (C=O) groups excluding carboxylic acids is 1. The predicted octanol–water partition coefficient (Wildman–Crippen LogP) is 3.82. The third-order valence-corrected chi connectivity index (χ3v) is 2.79. The van der Waals surface area contributed by atoms with Gasteiger partial charge < -0.3 is 14.5 Å². The van der Waals surface area contributed by atoms with E-state index in [1.165, 1.54) is 0 Å². The summed E-state index contributed by atoms with van der Waals surface area (Å²) >= 11 is 0. The van der Waals surface area contributed by atoms with Crippen LogP contribution in [0.1, 0.15) is 23.8 Å². The number of amides is 1. The number of furan rings is 1.